The lowest BCUT2D eigenvalue weighted by Gasteiger charge is -2.30. The van der Waals surface area contributed by atoms with Crippen LogP contribution in [-0.4, -0.2) is 24.0 Å². The van der Waals surface area contributed by atoms with E-state index in [4.69, 9.17) is 10.2 Å². The van der Waals surface area contributed by atoms with Gasteiger partial charge in [-0.1, -0.05) is 6.42 Å². The largest absolute Gasteiger partial charge is 0.423 e. The molecule has 2 fully saturated rings. The highest BCUT2D eigenvalue weighted by Crippen LogP contribution is 2.38. The first kappa shape index (κ1) is 13.0. The molecule has 1 saturated carbocycles. The average Bonchev–Trinajstić information content (AvgIpc) is 2.80. The van der Waals surface area contributed by atoms with Crippen molar-refractivity contribution >= 4 is 11.8 Å². The molecule has 2 N–H and O–H groups in total. The Bertz CT molecular complexity index is 548. The first-order valence-corrected chi connectivity index (χ1v) is 7.14. The first-order chi connectivity index (χ1) is 9.69. The number of nitriles is 1. The van der Waals surface area contributed by atoms with Crippen molar-refractivity contribution in [1.29, 1.82) is 5.26 Å². The number of nitrogens with zero attached hydrogens (tertiary/aromatic N) is 3. The minimum absolute atomic E-state index is 0.0641. The first-order valence-electron chi connectivity index (χ1n) is 7.14. The summed E-state index contributed by atoms with van der Waals surface area (Å²) in [7, 11) is 0. The molecule has 6 nitrogen and oxygen atoms in total. The molecule has 0 spiro atoms. The van der Waals surface area contributed by atoms with Crippen LogP contribution in [0, 0.1) is 17.2 Å². The van der Waals surface area contributed by atoms with Crippen LogP contribution in [0.25, 0.3) is 0 Å². The molecule has 1 saturated heterocycles. The van der Waals surface area contributed by atoms with E-state index in [1.54, 1.807) is 0 Å². The molecule has 0 unspecified atom stereocenters. The number of aromatic nitrogens is 1. The van der Waals surface area contributed by atoms with Gasteiger partial charge in [0, 0.05) is 24.9 Å². The van der Waals surface area contributed by atoms with Crippen LogP contribution in [-0.2, 0) is 4.79 Å². The van der Waals surface area contributed by atoms with Crippen molar-refractivity contribution in [2.24, 2.45) is 11.7 Å². The molecule has 3 rings (SSSR count). The highest BCUT2D eigenvalue weighted by molar-refractivity contribution is 5.77. The van der Waals surface area contributed by atoms with E-state index in [2.05, 4.69) is 11.1 Å². The van der Waals surface area contributed by atoms with Gasteiger partial charge in [-0.15, -0.1) is 0 Å². The highest BCUT2D eigenvalue weighted by atomic mass is 16.4. The molecule has 0 bridgehead atoms. The van der Waals surface area contributed by atoms with Crippen LogP contribution in [0.4, 0.5) is 5.88 Å². The van der Waals surface area contributed by atoms with E-state index in [1.807, 2.05) is 4.90 Å². The van der Waals surface area contributed by atoms with Crippen molar-refractivity contribution in [1.82, 2.24) is 4.98 Å². The summed E-state index contributed by atoms with van der Waals surface area (Å²) in [5.41, 5.74) is 5.70. The number of hydrogen-bond acceptors (Lipinski definition) is 5. The molecule has 0 atom stereocenters. The predicted octanol–water partition coefficient (Wildman–Crippen LogP) is 1.52. The molecular formula is C14H18N4O2. The van der Waals surface area contributed by atoms with Gasteiger partial charge in [0.2, 0.25) is 23.4 Å². The standard InChI is InChI=1S/C14H18N4O2/c15-8-11-14(20-13(17-11)10-2-1-3-10)18-6-4-9(5-7-18)12(16)19/h9-10H,1-7H2,(H2,16,19). The van der Waals surface area contributed by atoms with E-state index in [0.717, 1.165) is 12.8 Å². The van der Waals surface area contributed by atoms with Gasteiger partial charge >= 0.3 is 0 Å². The van der Waals surface area contributed by atoms with Crippen LogP contribution >= 0.6 is 0 Å². The van der Waals surface area contributed by atoms with Crippen LogP contribution in [0.2, 0.25) is 0 Å². The molecule has 1 amide bonds. The van der Waals surface area contributed by atoms with Crippen molar-refractivity contribution < 1.29 is 9.21 Å². The summed E-state index contributed by atoms with van der Waals surface area (Å²) in [6, 6.07) is 2.11. The van der Waals surface area contributed by atoms with Crippen LogP contribution in [0.1, 0.15) is 49.6 Å². The Morgan fingerprint density at radius 3 is 2.55 bits per heavy atom. The Kier molecular flexibility index (Phi) is 3.35. The van der Waals surface area contributed by atoms with Gasteiger partial charge in [-0.3, -0.25) is 4.79 Å². The smallest absolute Gasteiger partial charge is 0.234 e. The minimum Gasteiger partial charge on any atom is -0.423 e. The summed E-state index contributed by atoms with van der Waals surface area (Å²) in [5, 5.41) is 9.20. The lowest BCUT2D eigenvalue weighted by atomic mass is 9.85. The third kappa shape index (κ3) is 2.24. The molecule has 106 valence electrons. The normalized spacial score (nSPS) is 20.4. The van der Waals surface area contributed by atoms with Gasteiger partial charge in [-0.05, 0) is 25.7 Å². The maximum Gasteiger partial charge on any atom is 0.234 e. The number of anilines is 1. The highest BCUT2D eigenvalue weighted by Gasteiger charge is 2.30. The SMILES string of the molecule is N#Cc1nc(C2CCC2)oc1N1CCC(C(N)=O)CC1. The number of nitrogens with two attached hydrogens (primary N) is 1. The lowest BCUT2D eigenvalue weighted by Crippen LogP contribution is -2.38. The fourth-order valence-corrected chi connectivity index (χ4v) is 2.81. The number of carbonyl (C=O) groups is 1. The molecule has 1 aliphatic carbocycles. The summed E-state index contributed by atoms with van der Waals surface area (Å²) in [6.07, 6.45) is 4.80. The number of amides is 1. The van der Waals surface area contributed by atoms with Crippen LogP contribution < -0.4 is 10.6 Å². The Balaban J connectivity index is 1.75. The van der Waals surface area contributed by atoms with Gasteiger partial charge in [0.05, 0.1) is 0 Å². The molecule has 0 aromatic carbocycles. The fourth-order valence-electron chi connectivity index (χ4n) is 2.81. The van der Waals surface area contributed by atoms with Gasteiger partial charge in [0.1, 0.15) is 6.07 Å². The zero-order chi connectivity index (χ0) is 14.1. The van der Waals surface area contributed by atoms with Crippen LogP contribution in [0.3, 0.4) is 0 Å². The monoisotopic (exact) mass is 274 g/mol. The van der Waals surface area contributed by atoms with Gasteiger partial charge < -0.3 is 15.1 Å². The Morgan fingerprint density at radius 2 is 2.05 bits per heavy atom. The molecule has 1 aromatic heterocycles. The second kappa shape index (κ2) is 5.16. The maximum atomic E-state index is 11.2. The van der Waals surface area contributed by atoms with E-state index in [-0.39, 0.29) is 11.8 Å². The second-order valence-electron chi connectivity index (χ2n) is 5.61. The molecule has 1 aliphatic heterocycles. The zero-order valence-electron chi connectivity index (χ0n) is 11.3. The molecule has 20 heavy (non-hydrogen) atoms. The van der Waals surface area contributed by atoms with E-state index in [9.17, 15) is 10.1 Å². The fraction of sp³-hybridized carbons (Fsp3) is 0.643. The third-order valence-corrected chi connectivity index (χ3v) is 4.37. The number of oxazole rings is 1. The van der Waals surface area contributed by atoms with E-state index in [1.165, 1.54) is 6.42 Å². The molecule has 2 heterocycles. The number of carbonyl (C=O) groups excluding carboxylic acids is 1. The maximum absolute atomic E-state index is 11.2. The van der Waals surface area contributed by atoms with Crippen molar-refractivity contribution in [3.63, 3.8) is 0 Å². The number of rotatable bonds is 3. The van der Waals surface area contributed by atoms with Gasteiger partial charge in [0.15, 0.2) is 0 Å². The molecule has 2 aliphatic rings. The summed E-state index contributed by atoms with van der Waals surface area (Å²) in [5.74, 6) is 1.33. The Hall–Kier alpha value is -2.03. The predicted molar refractivity (Wildman–Crippen MR) is 71.9 cm³/mol. The zero-order valence-corrected chi connectivity index (χ0v) is 11.3. The third-order valence-electron chi connectivity index (χ3n) is 4.37. The molecule has 6 heteroatoms. The van der Waals surface area contributed by atoms with Crippen LogP contribution in [0.5, 0.6) is 0 Å². The number of piperidine rings is 1. The average molecular weight is 274 g/mol. The summed E-state index contributed by atoms with van der Waals surface area (Å²) in [4.78, 5) is 17.5. The van der Waals surface area contributed by atoms with E-state index < -0.39 is 0 Å². The van der Waals surface area contributed by atoms with Crippen molar-refractivity contribution in [2.45, 2.75) is 38.0 Å². The van der Waals surface area contributed by atoms with Gasteiger partial charge in [0.25, 0.3) is 0 Å². The quantitative estimate of drug-likeness (QED) is 0.901. The van der Waals surface area contributed by atoms with Gasteiger partial charge in [-0.2, -0.15) is 5.26 Å². The van der Waals surface area contributed by atoms with Crippen molar-refractivity contribution in [3.05, 3.63) is 11.6 Å². The number of primary amides is 1. The second-order valence-corrected chi connectivity index (χ2v) is 5.61. The summed E-state index contributed by atoms with van der Waals surface area (Å²) in [6.45, 7) is 1.36. The number of hydrogen-bond donors (Lipinski definition) is 1. The summed E-state index contributed by atoms with van der Waals surface area (Å²) >= 11 is 0. The molecule has 1 aromatic rings. The molecule has 0 radical (unpaired) electrons. The lowest BCUT2D eigenvalue weighted by molar-refractivity contribution is -0.122. The minimum atomic E-state index is -0.238. The Morgan fingerprint density at radius 1 is 1.35 bits per heavy atom. The van der Waals surface area contributed by atoms with E-state index >= 15 is 0 Å². The van der Waals surface area contributed by atoms with Crippen molar-refractivity contribution in [3.8, 4) is 6.07 Å². The Labute approximate surface area is 117 Å². The van der Waals surface area contributed by atoms with E-state index in [0.29, 0.717) is 49.3 Å². The topological polar surface area (TPSA) is 96.2 Å². The van der Waals surface area contributed by atoms with Crippen molar-refractivity contribution in [2.75, 3.05) is 18.0 Å². The summed E-state index contributed by atoms with van der Waals surface area (Å²) < 4.78 is 5.82. The molecular weight excluding hydrogens is 256 g/mol. The van der Waals surface area contributed by atoms with Crippen LogP contribution in [0.15, 0.2) is 4.42 Å². The van der Waals surface area contributed by atoms with Gasteiger partial charge in [-0.25, -0.2) is 4.98 Å².